The second-order valence-corrected chi connectivity index (χ2v) is 3.63. The van der Waals surface area contributed by atoms with Gasteiger partial charge in [-0.3, -0.25) is 4.79 Å². The molecule has 1 N–H and O–H groups in total. The summed E-state index contributed by atoms with van der Waals surface area (Å²) in [5, 5.41) is 7.86. The van der Waals surface area contributed by atoms with Crippen LogP contribution >= 0.6 is 0 Å². The van der Waals surface area contributed by atoms with Crippen molar-refractivity contribution < 1.29 is 0 Å². The molecule has 1 aliphatic rings. The number of aromatic nitrogens is 5. The molecule has 3 rings (SSSR count). The first-order valence-corrected chi connectivity index (χ1v) is 4.99. The molecule has 0 unspecified atom stereocenters. The van der Waals surface area contributed by atoms with Gasteiger partial charge < -0.3 is 14.5 Å². The number of nitrogens with zero attached hydrogens (tertiary/aromatic N) is 5. The molecule has 0 saturated heterocycles. The number of anilines is 1. The molecule has 2 aromatic heterocycles. The van der Waals surface area contributed by atoms with Gasteiger partial charge in [0.05, 0.1) is 12.9 Å². The molecular formula is C9H10N6O. The van der Waals surface area contributed by atoms with Gasteiger partial charge in [-0.05, 0) is 0 Å². The van der Waals surface area contributed by atoms with Crippen LogP contribution in [0.3, 0.4) is 0 Å². The lowest BCUT2D eigenvalue weighted by molar-refractivity contribution is 0.555. The van der Waals surface area contributed by atoms with Crippen molar-refractivity contribution in [2.75, 3.05) is 11.4 Å². The van der Waals surface area contributed by atoms with Crippen LogP contribution in [0.1, 0.15) is 5.82 Å². The zero-order chi connectivity index (χ0) is 11.0. The third-order valence-electron chi connectivity index (χ3n) is 2.63. The van der Waals surface area contributed by atoms with Gasteiger partial charge in [0, 0.05) is 19.2 Å². The highest BCUT2D eigenvalue weighted by Crippen LogP contribution is 2.14. The Balaban J connectivity index is 1.91. The lowest BCUT2D eigenvalue weighted by Gasteiger charge is -2.27. The summed E-state index contributed by atoms with van der Waals surface area (Å²) < 4.78 is 2.00. The fourth-order valence-electron chi connectivity index (χ4n) is 1.79. The predicted octanol–water partition coefficient (Wildman–Crippen LogP) is -0.618. The highest BCUT2D eigenvalue weighted by molar-refractivity contribution is 5.37. The molecular weight excluding hydrogens is 208 g/mol. The smallest absolute Gasteiger partial charge is 0.252 e. The summed E-state index contributed by atoms with van der Waals surface area (Å²) in [6.07, 6.45) is 3.13. The molecule has 0 fully saturated rings. The SMILES string of the molecule is O=c1cc(N2CCn3cnnc3C2)nc[nH]1. The number of hydrogen-bond acceptors (Lipinski definition) is 5. The largest absolute Gasteiger partial charge is 0.347 e. The van der Waals surface area contributed by atoms with Crippen LogP contribution in [0.5, 0.6) is 0 Å². The molecule has 2 aromatic rings. The van der Waals surface area contributed by atoms with Gasteiger partial charge in [-0.1, -0.05) is 0 Å². The number of rotatable bonds is 1. The van der Waals surface area contributed by atoms with Gasteiger partial charge in [-0.15, -0.1) is 10.2 Å². The van der Waals surface area contributed by atoms with Gasteiger partial charge >= 0.3 is 0 Å². The van der Waals surface area contributed by atoms with E-state index in [4.69, 9.17) is 0 Å². The quantitative estimate of drug-likeness (QED) is 0.690. The molecule has 3 heterocycles. The number of fused-ring (bicyclic) bond motifs is 1. The standard InChI is InChI=1S/C9H10N6O/c16-9-3-7(10-5-11-9)14-1-2-15-6-12-13-8(15)4-14/h3,5-6H,1-2,4H2,(H,10,11,16). The van der Waals surface area contributed by atoms with Crippen molar-refractivity contribution in [3.63, 3.8) is 0 Å². The van der Waals surface area contributed by atoms with Gasteiger partial charge in [0.15, 0.2) is 5.82 Å². The molecule has 82 valence electrons. The third-order valence-corrected chi connectivity index (χ3v) is 2.63. The zero-order valence-electron chi connectivity index (χ0n) is 8.50. The van der Waals surface area contributed by atoms with Crippen molar-refractivity contribution >= 4 is 5.82 Å². The van der Waals surface area contributed by atoms with Crippen LogP contribution in [0.2, 0.25) is 0 Å². The average molecular weight is 218 g/mol. The van der Waals surface area contributed by atoms with Crippen molar-refractivity contribution in [3.8, 4) is 0 Å². The number of nitrogens with one attached hydrogen (secondary N) is 1. The second kappa shape index (κ2) is 3.44. The molecule has 0 bridgehead atoms. The Kier molecular flexibility index (Phi) is 1.95. The molecule has 0 aromatic carbocycles. The lowest BCUT2D eigenvalue weighted by atomic mass is 10.3. The highest BCUT2D eigenvalue weighted by atomic mass is 16.1. The van der Waals surface area contributed by atoms with Crippen LogP contribution in [0.4, 0.5) is 5.82 Å². The number of hydrogen-bond donors (Lipinski definition) is 1. The molecule has 0 amide bonds. The van der Waals surface area contributed by atoms with Crippen LogP contribution in [-0.2, 0) is 13.1 Å². The van der Waals surface area contributed by atoms with E-state index in [2.05, 4.69) is 20.2 Å². The minimum absolute atomic E-state index is 0.142. The van der Waals surface area contributed by atoms with Crippen molar-refractivity contribution in [3.05, 3.63) is 34.9 Å². The van der Waals surface area contributed by atoms with E-state index >= 15 is 0 Å². The van der Waals surface area contributed by atoms with Gasteiger partial charge in [-0.2, -0.15) is 0 Å². The van der Waals surface area contributed by atoms with E-state index in [1.165, 1.54) is 12.4 Å². The van der Waals surface area contributed by atoms with Crippen molar-refractivity contribution in [2.45, 2.75) is 13.1 Å². The normalized spacial score (nSPS) is 14.9. The molecule has 0 aliphatic carbocycles. The van der Waals surface area contributed by atoms with E-state index in [-0.39, 0.29) is 5.56 Å². The highest BCUT2D eigenvalue weighted by Gasteiger charge is 2.18. The van der Waals surface area contributed by atoms with E-state index in [9.17, 15) is 4.79 Å². The topological polar surface area (TPSA) is 79.7 Å². The van der Waals surface area contributed by atoms with Gasteiger partial charge in [0.2, 0.25) is 0 Å². The third kappa shape index (κ3) is 1.46. The summed E-state index contributed by atoms with van der Waals surface area (Å²) in [6.45, 7) is 2.26. The van der Waals surface area contributed by atoms with Gasteiger partial charge in [0.1, 0.15) is 12.1 Å². The van der Waals surface area contributed by atoms with Gasteiger partial charge in [-0.25, -0.2) is 4.98 Å². The average Bonchev–Trinajstić information content (AvgIpc) is 2.75. The van der Waals surface area contributed by atoms with Gasteiger partial charge in [0.25, 0.3) is 5.56 Å². The van der Waals surface area contributed by atoms with Crippen LogP contribution in [-0.4, -0.2) is 31.3 Å². The minimum atomic E-state index is -0.142. The molecule has 1 aliphatic heterocycles. The van der Waals surface area contributed by atoms with Crippen molar-refractivity contribution in [1.29, 1.82) is 0 Å². The molecule has 7 heteroatoms. The monoisotopic (exact) mass is 218 g/mol. The summed E-state index contributed by atoms with van der Waals surface area (Å²) in [5.74, 6) is 1.58. The second-order valence-electron chi connectivity index (χ2n) is 3.63. The van der Waals surface area contributed by atoms with Crippen molar-refractivity contribution in [2.24, 2.45) is 0 Å². The zero-order valence-corrected chi connectivity index (χ0v) is 8.50. The molecule has 16 heavy (non-hydrogen) atoms. The van der Waals surface area contributed by atoms with Crippen LogP contribution < -0.4 is 10.5 Å². The maximum Gasteiger partial charge on any atom is 0.252 e. The maximum absolute atomic E-state index is 11.2. The maximum atomic E-state index is 11.2. The van der Waals surface area contributed by atoms with Crippen LogP contribution in [0.25, 0.3) is 0 Å². The summed E-state index contributed by atoms with van der Waals surface area (Å²) in [7, 11) is 0. The van der Waals surface area contributed by atoms with Crippen molar-refractivity contribution in [1.82, 2.24) is 24.7 Å². The molecule has 0 spiro atoms. The van der Waals surface area contributed by atoms with Crippen LogP contribution in [0.15, 0.2) is 23.5 Å². The Morgan fingerprint density at radius 1 is 1.38 bits per heavy atom. The van der Waals surface area contributed by atoms with E-state index < -0.39 is 0 Å². The first-order chi connectivity index (χ1) is 7.83. The Bertz CT molecular complexity index is 559. The van der Waals surface area contributed by atoms with E-state index in [0.29, 0.717) is 12.4 Å². The lowest BCUT2D eigenvalue weighted by Crippen LogP contribution is -2.34. The van der Waals surface area contributed by atoms with Crippen LogP contribution in [0, 0.1) is 0 Å². The molecule has 0 radical (unpaired) electrons. The summed E-state index contributed by atoms with van der Waals surface area (Å²) in [4.78, 5) is 19.8. The Hall–Kier alpha value is -2.18. The summed E-state index contributed by atoms with van der Waals surface area (Å²) in [5.41, 5.74) is -0.142. The molecule has 0 saturated carbocycles. The fraction of sp³-hybridized carbons (Fsp3) is 0.333. The molecule has 7 nitrogen and oxygen atoms in total. The Labute approximate surface area is 90.8 Å². The number of H-pyrrole nitrogens is 1. The Morgan fingerprint density at radius 2 is 2.31 bits per heavy atom. The summed E-state index contributed by atoms with van der Waals surface area (Å²) >= 11 is 0. The van der Waals surface area contributed by atoms with E-state index in [1.54, 1.807) is 6.33 Å². The summed E-state index contributed by atoms with van der Waals surface area (Å²) in [6, 6.07) is 1.49. The number of aromatic amines is 1. The Morgan fingerprint density at radius 3 is 3.19 bits per heavy atom. The first-order valence-electron chi connectivity index (χ1n) is 4.99. The van der Waals surface area contributed by atoms with E-state index in [1.807, 2.05) is 9.47 Å². The minimum Gasteiger partial charge on any atom is -0.347 e. The van der Waals surface area contributed by atoms with E-state index in [0.717, 1.165) is 18.9 Å². The first kappa shape index (κ1) is 9.08. The predicted molar refractivity (Wildman–Crippen MR) is 55.9 cm³/mol. The molecule has 0 atom stereocenters. The fourth-order valence-corrected chi connectivity index (χ4v) is 1.79.